The second-order valence-electron chi connectivity index (χ2n) is 7.14. The van der Waals surface area contributed by atoms with Crippen molar-refractivity contribution in [2.45, 2.75) is 26.7 Å². The molecular weight excluding hydrogens is 396 g/mol. The van der Waals surface area contributed by atoms with Crippen molar-refractivity contribution in [3.63, 3.8) is 0 Å². The van der Waals surface area contributed by atoms with E-state index in [-0.39, 0.29) is 34.1 Å². The van der Waals surface area contributed by atoms with Crippen LogP contribution in [-0.2, 0) is 9.53 Å². The van der Waals surface area contributed by atoms with E-state index in [1.807, 2.05) is 13.8 Å². The fraction of sp³-hybridized carbons (Fsp3) is 0.316. The summed E-state index contributed by atoms with van der Waals surface area (Å²) in [6.45, 7) is 5.70. The van der Waals surface area contributed by atoms with Gasteiger partial charge in [0, 0.05) is 17.8 Å². The molecule has 9 nitrogen and oxygen atoms in total. The van der Waals surface area contributed by atoms with Gasteiger partial charge in [0.25, 0.3) is 11.2 Å². The van der Waals surface area contributed by atoms with Crippen LogP contribution in [0.2, 0.25) is 0 Å². The van der Waals surface area contributed by atoms with Crippen molar-refractivity contribution in [3.8, 4) is 0 Å². The zero-order valence-corrected chi connectivity index (χ0v) is 16.9. The molecule has 0 saturated heterocycles. The molecule has 0 amide bonds. The Morgan fingerprint density at radius 1 is 1.34 bits per heavy atom. The predicted molar refractivity (Wildman–Crippen MR) is 109 cm³/mol. The molecule has 1 aromatic heterocycles. The van der Waals surface area contributed by atoms with Crippen LogP contribution in [0, 0.1) is 20.8 Å². The minimum atomic E-state index is -0.860. The molecule has 0 bridgehead atoms. The molecule has 0 aliphatic carbocycles. The highest BCUT2D eigenvalue weighted by Crippen LogP contribution is 2.40. The number of nitro benzene ring substituents is 1. The minimum absolute atomic E-state index is 0.123. The third-order valence-corrected chi connectivity index (χ3v) is 4.66. The van der Waals surface area contributed by atoms with Crippen molar-refractivity contribution in [2.75, 3.05) is 11.9 Å². The van der Waals surface area contributed by atoms with E-state index in [1.165, 1.54) is 18.2 Å². The Morgan fingerprint density at radius 3 is 2.72 bits per heavy atom. The van der Waals surface area contributed by atoms with Gasteiger partial charge in [-0.25, -0.2) is 4.79 Å². The van der Waals surface area contributed by atoms with Crippen LogP contribution in [0.5, 0.6) is 0 Å². The van der Waals surface area contributed by atoms with Crippen molar-refractivity contribution < 1.29 is 14.5 Å². The number of carbonyl (C=O) groups is 1. The Kier molecular flexibility index (Phi) is 5.64. The number of hydrogen-bond donors (Lipinski definition) is 3. The maximum Gasteiger partial charge on any atom is 0.336 e. The number of non-ortho nitro benzene ring substituents is 1. The molecule has 29 heavy (non-hydrogen) atoms. The first-order valence-electron chi connectivity index (χ1n) is 8.94. The summed E-state index contributed by atoms with van der Waals surface area (Å²) >= 11 is 5.04. The predicted octanol–water partition coefficient (Wildman–Crippen LogP) is 3.37. The number of esters is 1. The van der Waals surface area contributed by atoms with E-state index in [2.05, 4.69) is 15.3 Å². The molecule has 1 aliphatic rings. The normalized spacial score (nSPS) is 15.7. The zero-order valence-electron chi connectivity index (χ0n) is 16.1. The third-order valence-electron chi connectivity index (χ3n) is 4.46. The number of fused-ring (bicyclic) bond motifs is 1. The molecule has 1 atom stereocenters. The van der Waals surface area contributed by atoms with Crippen LogP contribution in [-0.4, -0.2) is 27.5 Å². The molecule has 0 saturated carbocycles. The number of aromatic amines is 2. The molecule has 1 aliphatic heterocycles. The van der Waals surface area contributed by atoms with Gasteiger partial charge >= 0.3 is 5.97 Å². The first-order chi connectivity index (χ1) is 13.7. The summed E-state index contributed by atoms with van der Waals surface area (Å²) in [6.07, 6.45) is 0. The highest BCUT2D eigenvalue weighted by Gasteiger charge is 2.36. The highest BCUT2D eigenvalue weighted by atomic mass is 32.1. The molecule has 0 spiro atoms. The average Bonchev–Trinajstić information content (AvgIpc) is 2.64. The summed E-state index contributed by atoms with van der Waals surface area (Å²) < 4.78 is 5.53. The van der Waals surface area contributed by atoms with Crippen LogP contribution in [0.25, 0.3) is 0 Å². The molecule has 0 fully saturated rings. The van der Waals surface area contributed by atoms with Gasteiger partial charge in [0.2, 0.25) is 0 Å². The number of nitrogens with one attached hydrogen (secondary N) is 3. The van der Waals surface area contributed by atoms with Gasteiger partial charge in [0.05, 0.1) is 28.6 Å². The molecular formula is C19H20N4O5S. The second-order valence-corrected chi connectivity index (χ2v) is 7.55. The van der Waals surface area contributed by atoms with Gasteiger partial charge in [-0.2, -0.15) is 0 Å². The van der Waals surface area contributed by atoms with E-state index in [9.17, 15) is 19.7 Å². The van der Waals surface area contributed by atoms with Crippen molar-refractivity contribution in [1.29, 1.82) is 0 Å². The minimum Gasteiger partial charge on any atom is -0.462 e. The van der Waals surface area contributed by atoms with Crippen LogP contribution >= 0.6 is 12.2 Å². The number of benzene rings is 1. The van der Waals surface area contributed by atoms with Crippen LogP contribution in [0.15, 0.2) is 40.3 Å². The van der Waals surface area contributed by atoms with Crippen LogP contribution in [0.1, 0.15) is 37.8 Å². The van der Waals surface area contributed by atoms with Crippen LogP contribution < -0.4 is 10.9 Å². The van der Waals surface area contributed by atoms with Crippen LogP contribution in [0.3, 0.4) is 0 Å². The lowest BCUT2D eigenvalue weighted by Gasteiger charge is -2.29. The number of nitrogens with zero attached hydrogens (tertiary/aromatic N) is 1. The van der Waals surface area contributed by atoms with Gasteiger partial charge in [-0.3, -0.25) is 19.9 Å². The first kappa shape index (κ1) is 20.5. The van der Waals surface area contributed by atoms with Gasteiger partial charge < -0.3 is 15.0 Å². The lowest BCUT2D eigenvalue weighted by Crippen LogP contribution is -2.31. The Labute approximate surface area is 171 Å². The molecule has 1 aromatic carbocycles. The van der Waals surface area contributed by atoms with E-state index >= 15 is 0 Å². The summed E-state index contributed by atoms with van der Waals surface area (Å²) in [5.74, 6) is -0.984. The number of ether oxygens (including phenoxy) is 1. The standard InChI is InChI=1S/C19H20N4O5S/c1-9(2)8-28-18(25)13-10(3)20-16-15(17(24)22-19(29)21-16)14(13)11-5-4-6-12(7-11)23(26)27/h4-7,9,14H,8H2,1-3H3,(H3,20,21,22,24,29). The summed E-state index contributed by atoms with van der Waals surface area (Å²) in [6, 6.07) is 5.85. The number of rotatable bonds is 5. The molecule has 1 unspecified atom stereocenters. The van der Waals surface area contributed by atoms with Gasteiger partial charge in [0.1, 0.15) is 5.82 Å². The number of carbonyl (C=O) groups excluding carboxylic acids is 1. The molecule has 2 heterocycles. The Hall–Kier alpha value is -3.27. The number of H-pyrrole nitrogens is 2. The van der Waals surface area contributed by atoms with E-state index in [4.69, 9.17) is 17.0 Å². The first-order valence-corrected chi connectivity index (χ1v) is 9.35. The number of allylic oxidation sites excluding steroid dienone is 1. The van der Waals surface area contributed by atoms with Gasteiger partial charge in [-0.05, 0) is 30.6 Å². The second kappa shape index (κ2) is 8.00. The fourth-order valence-electron chi connectivity index (χ4n) is 3.23. The number of anilines is 1. The monoisotopic (exact) mass is 416 g/mol. The smallest absolute Gasteiger partial charge is 0.336 e. The summed E-state index contributed by atoms with van der Waals surface area (Å²) in [5.41, 5.74) is 0.688. The molecule has 2 aromatic rings. The van der Waals surface area contributed by atoms with E-state index in [0.29, 0.717) is 17.1 Å². The van der Waals surface area contributed by atoms with Crippen LogP contribution in [0.4, 0.5) is 11.5 Å². The SMILES string of the molecule is CC1=C(C(=O)OCC(C)C)C(c2cccc([N+](=O)[O-])c2)c2c([nH]c(=S)[nH]c2=O)N1. The summed E-state index contributed by atoms with van der Waals surface area (Å²) in [4.78, 5) is 41.8. The Balaban J connectivity index is 2.22. The van der Waals surface area contributed by atoms with Gasteiger partial charge in [-0.15, -0.1) is 0 Å². The van der Waals surface area contributed by atoms with Crippen molar-refractivity contribution in [2.24, 2.45) is 5.92 Å². The summed E-state index contributed by atoms with van der Waals surface area (Å²) in [5, 5.41) is 14.3. The molecule has 3 N–H and O–H groups in total. The van der Waals surface area contributed by atoms with Gasteiger partial charge in [-0.1, -0.05) is 26.0 Å². The van der Waals surface area contributed by atoms with E-state index < -0.39 is 22.4 Å². The lowest BCUT2D eigenvalue weighted by molar-refractivity contribution is -0.384. The molecule has 3 rings (SSSR count). The lowest BCUT2D eigenvalue weighted by atomic mass is 9.82. The Morgan fingerprint density at radius 2 is 2.07 bits per heavy atom. The van der Waals surface area contributed by atoms with Crippen molar-refractivity contribution >= 4 is 29.7 Å². The largest absolute Gasteiger partial charge is 0.462 e. The number of hydrogen-bond acceptors (Lipinski definition) is 7. The molecule has 10 heteroatoms. The van der Waals surface area contributed by atoms with Crippen molar-refractivity contribution in [1.82, 2.24) is 9.97 Å². The highest BCUT2D eigenvalue weighted by molar-refractivity contribution is 7.71. The van der Waals surface area contributed by atoms with Crippen molar-refractivity contribution in [3.05, 3.63) is 71.9 Å². The maximum absolute atomic E-state index is 12.9. The topological polar surface area (TPSA) is 130 Å². The third kappa shape index (κ3) is 4.11. The van der Waals surface area contributed by atoms with Gasteiger partial charge in [0.15, 0.2) is 4.77 Å². The maximum atomic E-state index is 12.9. The number of nitro groups is 1. The number of aromatic nitrogens is 2. The quantitative estimate of drug-likeness (QED) is 0.295. The fourth-order valence-corrected chi connectivity index (χ4v) is 3.42. The van der Waals surface area contributed by atoms with E-state index in [0.717, 1.165) is 0 Å². The Bertz CT molecular complexity index is 1130. The average molecular weight is 416 g/mol. The summed E-state index contributed by atoms with van der Waals surface area (Å²) in [7, 11) is 0. The van der Waals surface area contributed by atoms with E-state index in [1.54, 1.807) is 13.0 Å². The zero-order chi connectivity index (χ0) is 21.3. The molecule has 152 valence electrons. The molecule has 0 radical (unpaired) electrons.